The van der Waals surface area contributed by atoms with Crippen LogP contribution in [0.1, 0.15) is 43.2 Å². The Morgan fingerprint density at radius 2 is 1.47 bits per heavy atom. The highest BCUT2D eigenvalue weighted by molar-refractivity contribution is 5.76. The normalized spacial score (nSPS) is 13.4. The molecule has 0 fully saturated rings. The van der Waals surface area contributed by atoms with E-state index >= 15 is 0 Å². The largest absolute Gasteiger partial charge is 0.370 e. The predicted molar refractivity (Wildman–Crippen MR) is 73.0 cm³/mol. The summed E-state index contributed by atoms with van der Waals surface area (Å²) in [4.78, 5) is 24.6. The van der Waals surface area contributed by atoms with E-state index < -0.39 is 0 Å². The van der Waals surface area contributed by atoms with Crippen LogP contribution in [0.25, 0.3) is 0 Å². The number of amides is 2. The Kier molecular flexibility index (Phi) is 4.55. The van der Waals surface area contributed by atoms with E-state index in [0.29, 0.717) is 25.9 Å². The van der Waals surface area contributed by atoms with Gasteiger partial charge in [0.05, 0.1) is 0 Å². The van der Waals surface area contributed by atoms with Gasteiger partial charge in [-0.1, -0.05) is 30.7 Å². The maximum Gasteiger partial charge on any atom is 0.223 e. The molecule has 0 spiro atoms. The summed E-state index contributed by atoms with van der Waals surface area (Å²) >= 11 is 0. The molecule has 0 unspecified atom stereocenters. The number of fused-ring (bicyclic) bond motifs is 4. The molecule has 4 heteroatoms. The van der Waals surface area contributed by atoms with Crippen LogP contribution >= 0.6 is 0 Å². The monoisotopic (exact) mass is 260 g/mol. The molecular formula is C15H20N2O2. The zero-order chi connectivity index (χ0) is 13.7. The molecule has 19 heavy (non-hydrogen) atoms. The van der Waals surface area contributed by atoms with Gasteiger partial charge in [-0.3, -0.25) is 9.59 Å². The molecule has 2 amide bonds. The lowest BCUT2D eigenvalue weighted by molar-refractivity contribution is -0.132. The summed E-state index contributed by atoms with van der Waals surface area (Å²) in [6.45, 7) is 1.41. The summed E-state index contributed by atoms with van der Waals surface area (Å²) in [7, 11) is 0. The number of primary amides is 1. The molecule has 2 heterocycles. The molecule has 4 nitrogen and oxygen atoms in total. The SMILES string of the molecule is NC(=O)CCCCCC(=O)N1Cc2ccc(cc2)C1. The minimum Gasteiger partial charge on any atom is -0.370 e. The van der Waals surface area contributed by atoms with E-state index in [1.165, 1.54) is 11.1 Å². The van der Waals surface area contributed by atoms with Crippen molar-refractivity contribution in [1.82, 2.24) is 4.90 Å². The first-order valence-electron chi connectivity index (χ1n) is 6.79. The smallest absolute Gasteiger partial charge is 0.223 e. The molecule has 1 aromatic rings. The van der Waals surface area contributed by atoms with Crippen molar-refractivity contribution >= 4 is 11.8 Å². The van der Waals surface area contributed by atoms with Crippen LogP contribution in [0.3, 0.4) is 0 Å². The van der Waals surface area contributed by atoms with E-state index in [2.05, 4.69) is 24.3 Å². The van der Waals surface area contributed by atoms with Gasteiger partial charge in [0.1, 0.15) is 0 Å². The highest BCUT2D eigenvalue weighted by Crippen LogP contribution is 2.18. The van der Waals surface area contributed by atoms with E-state index in [1.54, 1.807) is 0 Å². The number of nitrogens with zero attached hydrogens (tertiary/aromatic N) is 1. The number of rotatable bonds is 6. The molecule has 2 bridgehead atoms. The summed E-state index contributed by atoms with van der Waals surface area (Å²) in [6.07, 6.45) is 3.46. The van der Waals surface area contributed by atoms with E-state index in [4.69, 9.17) is 5.73 Å². The van der Waals surface area contributed by atoms with Gasteiger partial charge in [0.25, 0.3) is 0 Å². The lowest BCUT2D eigenvalue weighted by atomic mass is 10.1. The van der Waals surface area contributed by atoms with Crippen LogP contribution in [0, 0.1) is 0 Å². The molecule has 0 saturated carbocycles. The van der Waals surface area contributed by atoms with Crippen LogP contribution in [0.5, 0.6) is 0 Å². The topological polar surface area (TPSA) is 63.4 Å². The first kappa shape index (κ1) is 13.6. The van der Waals surface area contributed by atoms with Crippen molar-refractivity contribution in [3.63, 3.8) is 0 Å². The average molecular weight is 260 g/mol. The molecule has 0 saturated heterocycles. The number of benzene rings is 1. The Morgan fingerprint density at radius 1 is 0.947 bits per heavy atom. The molecule has 1 aromatic carbocycles. The zero-order valence-corrected chi connectivity index (χ0v) is 11.1. The van der Waals surface area contributed by atoms with Crippen molar-refractivity contribution in [2.75, 3.05) is 0 Å². The Morgan fingerprint density at radius 3 is 2.00 bits per heavy atom. The maximum absolute atomic E-state index is 12.1. The number of carbonyl (C=O) groups excluding carboxylic acids is 2. The van der Waals surface area contributed by atoms with Gasteiger partial charge >= 0.3 is 0 Å². The van der Waals surface area contributed by atoms with Gasteiger partial charge in [-0.25, -0.2) is 0 Å². The van der Waals surface area contributed by atoms with Crippen molar-refractivity contribution in [2.45, 2.75) is 45.2 Å². The quantitative estimate of drug-likeness (QED) is 0.795. The third-order valence-corrected chi connectivity index (χ3v) is 3.44. The van der Waals surface area contributed by atoms with Gasteiger partial charge < -0.3 is 10.6 Å². The van der Waals surface area contributed by atoms with Gasteiger partial charge in [0, 0.05) is 25.9 Å². The molecular weight excluding hydrogens is 240 g/mol. The summed E-state index contributed by atoms with van der Waals surface area (Å²) in [6, 6.07) is 8.32. The minimum atomic E-state index is -0.264. The van der Waals surface area contributed by atoms with Gasteiger partial charge in [-0.2, -0.15) is 0 Å². The molecule has 2 aliphatic rings. The van der Waals surface area contributed by atoms with Crippen LogP contribution in [-0.4, -0.2) is 16.7 Å². The lowest BCUT2D eigenvalue weighted by Gasteiger charge is -2.20. The Bertz CT molecular complexity index is 429. The van der Waals surface area contributed by atoms with Crippen LogP contribution in [-0.2, 0) is 22.7 Å². The van der Waals surface area contributed by atoms with Gasteiger partial charge in [-0.15, -0.1) is 0 Å². The zero-order valence-electron chi connectivity index (χ0n) is 11.1. The Balaban J connectivity index is 1.72. The van der Waals surface area contributed by atoms with Crippen LogP contribution in [0.2, 0.25) is 0 Å². The molecule has 102 valence electrons. The average Bonchev–Trinajstić information content (AvgIpc) is 2.71. The Labute approximate surface area is 113 Å². The second-order valence-corrected chi connectivity index (χ2v) is 5.09. The van der Waals surface area contributed by atoms with E-state index in [9.17, 15) is 9.59 Å². The first-order valence-corrected chi connectivity index (χ1v) is 6.79. The van der Waals surface area contributed by atoms with Gasteiger partial charge in [0.15, 0.2) is 0 Å². The number of hydrogen-bond acceptors (Lipinski definition) is 2. The highest BCUT2D eigenvalue weighted by atomic mass is 16.2. The van der Waals surface area contributed by atoms with Crippen LogP contribution < -0.4 is 5.73 Å². The molecule has 0 atom stereocenters. The number of carbonyl (C=O) groups is 2. The number of unbranched alkanes of at least 4 members (excludes halogenated alkanes) is 2. The van der Waals surface area contributed by atoms with Crippen LogP contribution in [0.15, 0.2) is 24.3 Å². The van der Waals surface area contributed by atoms with E-state index in [1.807, 2.05) is 4.90 Å². The van der Waals surface area contributed by atoms with Crippen molar-refractivity contribution in [3.05, 3.63) is 35.4 Å². The van der Waals surface area contributed by atoms with Crippen molar-refractivity contribution < 1.29 is 9.59 Å². The molecule has 0 aromatic heterocycles. The molecule has 2 N–H and O–H groups in total. The fourth-order valence-corrected chi connectivity index (χ4v) is 2.33. The van der Waals surface area contributed by atoms with Crippen molar-refractivity contribution in [2.24, 2.45) is 5.73 Å². The van der Waals surface area contributed by atoms with Crippen molar-refractivity contribution in [3.8, 4) is 0 Å². The maximum atomic E-state index is 12.1. The van der Waals surface area contributed by atoms with Gasteiger partial charge in [0.2, 0.25) is 11.8 Å². The number of hydrogen-bond donors (Lipinski definition) is 1. The predicted octanol–water partition coefficient (Wildman–Crippen LogP) is 1.96. The molecule has 2 aliphatic heterocycles. The fraction of sp³-hybridized carbons (Fsp3) is 0.467. The van der Waals surface area contributed by atoms with Gasteiger partial charge in [-0.05, 0) is 24.0 Å². The molecule has 3 rings (SSSR count). The third-order valence-electron chi connectivity index (χ3n) is 3.44. The molecule has 0 aliphatic carbocycles. The van der Waals surface area contributed by atoms with Crippen LogP contribution in [0.4, 0.5) is 0 Å². The second-order valence-electron chi connectivity index (χ2n) is 5.09. The Hall–Kier alpha value is -1.84. The summed E-state index contributed by atoms with van der Waals surface area (Å²) in [5.74, 6) is -0.0677. The fourth-order valence-electron chi connectivity index (χ4n) is 2.33. The van der Waals surface area contributed by atoms with E-state index in [0.717, 1.165) is 19.3 Å². The third kappa shape index (κ3) is 4.09. The summed E-state index contributed by atoms with van der Waals surface area (Å²) < 4.78 is 0. The van der Waals surface area contributed by atoms with Crippen molar-refractivity contribution in [1.29, 1.82) is 0 Å². The molecule has 0 radical (unpaired) electrons. The number of nitrogens with two attached hydrogens (primary N) is 1. The first-order chi connectivity index (χ1) is 9.15. The standard InChI is InChI=1S/C15H20N2O2/c16-14(18)4-2-1-3-5-15(19)17-10-12-6-7-13(11-17)9-8-12/h6-9H,1-5,10-11H2,(H2,16,18). The minimum absolute atomic E-state index is 0.196. The van der Waals surface area contributed by atoms with E-state index in [-0.39, 0.29) is 11.8 Å². The lowest BCUT2D eigenvalue weighted by Crippen LogP contribution is -2.28. The summed E-state index contributed by atoms with van der Waals surface area (Å²) in [5, 5.41) is 0. The summed E-state index contributed by atoms with van der Waals surface area (Å²) in [5.41, 5.74) is 7.44. The highest BCUT2D eigenvalue weighted by Gasteiger charge is 2.17. The second kappa shape index (κ2) is 6.36.